The van der Waals surface area contributed by atoms with E-state index in [1.807, 2.05) is 18.2 Å². The maximum Gasteiger partial charge on any atom is 0.321 e. The van der Waals surface area contributed by atoms with Gasteiger partial charge in [0.15, 0.2) is 6.73 Å². The Hall–Kier alpha value is -1.91. The predicted octanol–water partition coefficient (Wildman–Crippen LogP) is 4.15. The van der Waals surface area contributed by atoms with Crippen LogP contribution in [0.2, 0.25) is 10.0 Å². The third kappa shape index (κ3) is 4.05. The Bertz CT molecular complexity index is 591. The number of carbonyl (C=O) groups excluding carboxylic acids is 1. The highest BCUT2D eigenvalue weighted by atomic mass is 35.5. The second-order valence-electron chi connectivity index (χ2n) is 3.83. The summed E-state index contributed by atoms with van der Waals surface area (Å²) in [5, 5.41) is 5.82. The van der Waals surface area contributed by atoms with E-state index < -0.39 is 6.03 Å². The van der Waals surface area contributed by atoms with Gasteiger partial charge in [-0.25, -0.2) is 4.79 Å². The molecule has 2 N–H and O–H groups in total. The molecule has 2 aromatic carbocycles. The molecule has 2 aromatic rings. The van der Waals surface area contributed by atoms with E-state index in [4.69, 9.17) is 27.9 Å². The number of halogens is 2. The Morgan fingerprint density at radius 2 is 1.80 bits per heavy atom. The smallest absolute Gasteiger partial charge is 0.321 e. The number of carbonyl (C=O) groups is 1. The van der Waals surface area contributed by atoms with Crippen molar-refractivity contribution in [2.75, 3.05) is 12.0 Å². The number of benzene rings is 2. The highest BCUT2D eigenvalue weighted by molar-refractivity contribution is 6.43. The van der Waals surface area contributed by atoms with Crippen LogP contribution in [0.4, 0.5) is 10.5 Å². The van der Waals surface area contributed by atoms with Crippen LogP contribution in [0.1, 0.15) is 0 Å². The number of para-hydroxylation sites is 1. The average Bonchev–Trinajstić information content (AvgIpc) is 2.45. The van der Waals surface area contributed by atoms with Crippen molar-refractivity contribution in [3.8, 4) is 5.75 Å². The van der Waals surface area contributed by atoms with E-state index in [0.717, 1.165) is 0 Å². The van der Waals surface area contributed by atoms with Crippen LogP contribution in [-0.4, -0.2) is 12.8 Å². The summed E-state index contributed by atoms with van der Waals surface area (Å²) in [6, 6.07) is 13.8. The zero-order chi connectivity index (χ0) is 14.4. The van der Waals surface area contributed by atoms with Gasteiger partial charge in [-0.2, -0.15) is 0 Å². The summed E-state index contributed by atoms with van der Waals surface area (Å²) in [4.78, 5) is 11.7. The largest absolute Gasteiger partial charge is 0.473 e. The van der Waals surface area contributed by atoms with E-state index in [1.54, 1.807) is 30.3 Å². The topological polar surface area (TPSA) is 50.4 Å². The summed E-state index contributed by atoms with van der Waals surface area (Å²) in [6.45, 7) is 0.0496. The van der Waals surface area contributed by atoms with Crippen LogP contribution in [0.15, 0.2) is 48.5 Å². The van der Waals surface area contributed by atoms with Crippen molar-refractivity contribution in [3.05, 3.63) is 58.6 Å². The molecule has 20 heavy (non-hydrogen) atoms. The fourth-order valence-electron chi connectivity index (χ4n) is 1.47. The van der Waals surface area contributed by atoms with Crippen molar-refractivity contribution < 1.29 is 9.53 Å². The average molecular weight is 311 g/mol. The maximum atomic E-state index is 11.7. The van der Waals surface area contributed by atoms with Gasteiger partial charge in [0.1, 0.15) is 5.75 Å². The molecule has 0 saturated carbocycles. The van der Waals surface area contributed by atoms with Crippen molar-refractivity contribution in [1.82, 2.24) is 5.32 Å². The Balaban J connectivity index is 1.82. The third-order valence-electron chi connectivity index (χ3n) is 2.41. The first-order chi connectivity index (χ1) is 9.66. The monoisotopic (exact) mass is 310 g/mol. The van der Waals surface area contributed by atoms with Gasteiger partial charge >= 0.3 is 6.03 Å². The van der Waals surface area contributed by atoms with Crippen LogP contribution < -0.4 is 15.4 Å². The van der Waals surface area contributed by atoms with E-state index in [2.05, 4.69) is 10.6 Å². The van der Waals surface area contributed by atoms with Gasteiger partial charge in [0.05, 0.1) is 15.7 Å². The molecule has 6 heteroatoms. The van der Waals surface area contributed by atoms with Gasteiger partial charge in [-0.15, -0.1) is 0 Å². The second-order valence-corrected chi connectivity index (χ2v) is 4.62. The summed E-state index contributed by atoms with van der Waals surface area (Å²) in [6.07, 6.45) is 0. The van der Waals surface area contributed by atoms with Crippen LogP contribution in [0, 0.1) is 0 Å². The van der Waals surface area contributed by atoms with Crippen LogP contribution in [-0.2, 0) is 0 Å². The van der Waals surface area contributed by atoms with Gasteiger partial charge < -0.3 is 15.4 Å². The molecule has 0 saturated heterocycles. The van der Waals surface area contributed by atoms with Crippen molar-refractivity contribution in [2.24, 2.45) is 0 Å². The molecule has 0 aromatic heterocycles. The van der Waals surface area contributed by atoms with Crippen molar-refractivity contribution >= 4 is 34.9 Å². The molecule has 0 spiro atoms. The molecule has 2 rings (SSSR count). The lowest BCUT2D eigenvalue weighted by atomic mass is 10.3. The first-order valence-electron chi connectivity index (χ1n) is 5.83. The Morgan fingerprint density at radius 3 is 2.55 bits per heavy atom. The van der Waals surface area contributed by atoms with Gasteiger partial charge in [0.25, 0.3) is 0 Å². The summed E-state index contributed by atoms with van der Waals surface area (Å²) in [5.41, 5.74) is 0.441. The number of ether oxygens (including phenoxy) is 1. The zero-order valence-corrected chi connectivity index (χ0v) is 11.9. The lowest BCUT2D eigenvalue weighted by Gasteiger charge is -2.10. The van der Waals surface area contributed by atoms with E-state index >= 15 is 0 Å². The van der Waals surface area contributed by atoms with Gasteiger partial charge in [-0.3, -0.25) is 0 Å². The van der Waals surface area contributed by atoms with Gasteiger partial charge in [-0.1, -0.05) is 47.5 Å². The van der Waals surface area contributed by atoms with E-state index in [0.29, 0.717) is 21.5 Å². The molecular formula is C14H12Cl2N2O2. The standard InChI is InChI=1S/C14H12Cl2N2O2/c15-11-7-4-8-12(13(11)16)18-14(19)17-9-20-10-5-2-1-3-6-10/h1-8H,9H2,(H2,17,18,19). The minimum atomic E-state index is -0.426. The minimum absolute atomic E-state index is 0.0496. The maximum absolute atomic E-state index is 11.7. The van der Waals surface area contributed by atoms with Crippen LogP contribution in [0.3, 0.4) is 0 Å². The number of anilines is 1. The van der Waals surface area contributed by atoms with Gasteiger partial charge in [0, 0.05) is 0 Å². The highest BCUT2D eigenvalue weighted by Gasteiger charge is 2.07. The molecule has 4 nitrogen and oxygen atoms in total. The number of rotatable bonds is 4. The number of urea groups is 1. The van der Waals surface area contributed by atoms with Crippen LogP contribution >= 0.6 is 23.2 Å². The van der Waals surface area contributed by atoms with Crippen molar-refractivity contribution in [2.45, 2.75) is 0 Å². The normalized spacial score (nSPS) is 9.90. The molecule has 104 valence electrons. The molecule has 0 aliphatic heterocycles. The quantitative estimate of drug-likeness (QED) is 0.833. The second kappa shape index (κ2) is 7.03. The molecular weight excluding hydrogens is 299 g/mol. The molecule has 2 amide bonds. The van der Waals surface area contributed by atoms with E-state index in [9.17, 15) is 4.79 Å². The molecule has 0 aliphatic carbocycles. The number of hydrogen-bond donors (Lipinski definition) is 2. The van der Waals surface area contributed by atoms with Crippen molar-refractivity contribution in [1.29, 1.82) is 0 Å². The first kappa shape index (κ1) is 14.5. The lowest BCUT2D eigenvalue weighted by molar-refractivity contribution is 0.234. The predicted molar refractivity (Wildman–Crippen MR) is 80.6 cm³/mol. The van der Waals surface area contributed by atoms with Gasteiger partial charge in [0.2, 0.25) is 0 Å². The number of amides is 2. The van der Waals surface area contributed by atoms with Crippen LogP contribution in [0.5, 0.6) is 5.75 Å². The summed E-state index contributed by atoms with van der Waals surface area (Å²) >= 11 is 11.8. The minimum Gasteiger partial charge on any atom is -0.473 e. The molecule has 0 heterocycles. The Kier molecular flexibility index (Phi) is 5.09. The van der Waals surface area contributed by atoms with Crippen molar-refractivity contribution in [3.63, 3.8) is 0 Å². The SMILES string of the molecule is O=C(NCOc1ccccc1)Nc1cccc(Cl)c1Cl. The lowest BCUT2D eigenvalue weighted by Crippen LogP contribution is -2.32. The first-order valence-corrected chi connectivity index (χ1v) is 6.59. The molecule has 0 unspecified atom stereocenters. The molecule has 0 atom stereocenters. The number of nitrogens with one attached hydrogen (secondary N) is 2. The molecule has 0 radical (unpaired) electrons. The Morgan fingerprint density at radius 1 is 1.05 bits per heavy atom. The molecule has 0 bridgehead atoms. The highest BCUT2D eigenvalue weighted by Crippen LogP contribution is 2.29. The van der Waals surface area contributed by atoms with E-state index in [-0.39, 0.29) is 6.73 Å². The fraction of sp³-hybridized carbons (Fsp3) is 0.0714. The third-order valence-corrected chi connectivity index (χ3v) is 3.23. The zero-order valence-electron chi connectivity index (χ0n) is 10.4. The molecule has 0 fully saturated rings. The van der Waals surface area contributed by atoms with Gasteiger partial charge in [-0.05, 0) is 24.3 Å². The Labute approximate surface area is 126 Å². The summed E-state index contributed by atoms with van der Waals surface area (Å²) < 4.78 is 5.34. The van der Waals surface area contributed by atoms with Crippen LogP contribution in [0.25, 0.3) is 0 Å². The summed E-state index contributed by atoms with van der Waals surface area (Å²) in [7, 11) is 0. The summed E-state index contributed by atoms with van der Waals surface area (Å²) in [5.74, 6) is 0.675. The number of hydrogen-bond acceptors (Lipinski definition) is 2. The molecule has 0 aliphatic rings. The van der Waals surface area contributed by atoms with E-state index in [1.165, 1.54) is 0 Å². The fourth-order valence-corrected chi connectivity index (χ4v) is 1.82.